The predicted molar refractivity (Wildman–Crippen MR) is 154 cm³/mol. The van der Waals surface area contributed by atoms with Gasteiger partial charge in [0.25, 0.3) is 0 Å². The number of fused-ring (bicyclic) bond motifs is 3. The van der Waals surface area contributed by atoms with E-state index in [9.17, 15) is 0 Å². The van der Waals surface area contributed by atoms with E-state index in [2.05, 4.69) is 129 Å². The Balaban J connectivity index is 0.00000200. The Kier molecular flexibility index (Phi) is 9.41. The molecule has 0 spiro atoms. The minimum atomic E-state index is -2.46. The largest absolute Gasteiger partial charge is 1.00 e. The number of aryl methyl sites for hydroxylation is 4. The number of hydrogen-bond acceptors (Lipinski definition) is 0. The van der Waals surface area contributed by atoms with Crippen molar-refractivity contribution in [3.05, 3.63) is 115 Å². The maximum absolute atomic E-state index is 2.63. The zero-order valence-corrected chi connectivity index (χ0v) is 28.2. The third kappa shape index (κ3) is 5.41. The SMILES string of the molecule is C/[C](c1ccccc1)=[Zr+2](/[C]1=CC(C(C)(C)C)=CC1C)[CH]1c2cc(C)c(C)cc2-c2cc(C)c(C)cc21.[Cl-].[Cl-]. The van der Waals surface area contributed by atoms with Crippen molar-refractivity contribution in [1.82, 2.24) is 0 Å². The molecule has 0 saturated carbocycles. The van der Waals surface area contributed by atoms with Gasteiger partial charge >= 0.3 is 227 Å². The van der Waals surface area contributed by atoms with Crippen LogP contribution in [0, 0.1) is 39.0 Å². The van der Waals surface area contributed by atoms with Gasteiger partial charge in [0, 0.05) is 0 Å². The Morgan fingerprint density at radius 2 is 1.21 bits per heavy atom. The molecule has 198 valence electrons. The van der Waals surface area contributed by atoms with Gasteiger partial charge in [-0.25, -0.2) is 0 Å². The number of benzene rings is 3. The first kappa shape index (κ1) is 31.0. The van der Waals surface area contributed by atoms with Crippen molar-refractivity contribution in [1.29, 1.82) is 0 Å². The topological polar surface area (TPSA) is 0 Å². The molecule has 3 aromatic rings. The van der Waals surface area contributed by atoms with E-state index in [1.807, 2.05) is 0 Å². The summed E-state index contributed by atoms with van der Waals surface area (Å²) in [7, 11) is 0. The third-order valence-corrected chi connectivity index (χ3v) is 17.2. The molecule has 0 aromatic heterocycles. The fraction of sp³-hybridized carbons (Fsp3) is 0.343. The Bertz CT molecular complexity index is 1410. The molecule has 2 aliphatic carbocycles. The molecule has 1 atom stereocenters. The van der Waals surface area contributed by atoms with Gasteiger partial charge in [-0.15, -0.1) is 0 Å². The van der Waals surface area contributed by atoms with Crippen LogP contribution >= 0.6 is 0 Å². The van der Waals surface area contributed by atoms with E-state index in [4.69, 9.17) is 0 Å². The summed E-state index contributed by atoms with van der Waals surface area (Å²) >= 11 is -2.46. The van der Waals surface area contributed by atoms with Crippen molar-refractivity contribution in [2.75, 3.05) is 0 Å². The van der Waals surface area contributed by atoms with E-state index in [1.54, 1.807) is 17.6 Å². The summed E-state index contributed by atoms with van der Waals surface area (Å²) in [5.41, 5.74) is 14.9. The van der Waals surface area contributed by atoms with E-state index in [0.717, 1.165) is 0 Å². The van der Waals surface area contributed by atoms with E-state index < -0.39 is 21.3 Å². The summed E-state index contributed by atoms with van der Waals surface area (Å²) < 4.78 is 3.93. The molecular weight excluding hydrogens is 583 g/mol. The van der Waals surface area contributed by atoms with Gasteiger partial charge in [0.1, 0.15) is 0 Å². The molecule has 5 rings (SSSR count). The summed E-state index contributed by atoms with van der Waals surface area (Å²) in [5, 5.41) is 0. The van der Waals surface area contributed by atoms with Gasteiger partial charge in [-0.2, -0.15) is 0 Å². The van der Waals surface area contributed by atoms with Crippen molar-refractivity contribution >= 4 is 3.21 Å². The van der Waals surface area contributed by atoms with Gasteiger partial charge in [-0.05, 0) is 0 Å². The minimum Gasteiger partial charge on any atom is -1.00 e. The molecule has 0 amide bonds. The van der Waals surface area contributed by atoms with E-state index in [0.29, 0.717) is 9.54 Å². The minimum absolute atomic E-state index is 0. The van der Waals surface area contributed by atoms with Crippen LogP contribution in [0.2, 0.25) is 0 Å². The fourth-order valence-electron chi connectivity index (χ4n) is 6.04. The molecular formula is C35H40Cl2Zr. The summed E-state index contributed by atoms with van der Waals surface area (Å²) in [6, 6.07) is 21.3. The molecule has 0 heterocycles. The predicted octanol–water partition coefficient (Wildman–Crippen LogP) is 3.36. The molecule has 0 N–H and O–H groups in total. The molecule has 1 unspecified atom stereocenters. The number of halogens is 2. The van der Waals surface area contributed by atoms with Crippen molar-refractivity contribution < 1.29 is 46.1 Å². The van der Waals surface area contributed by atoms with Crippen LogP contribution in [0.4, 0.5) is 0 Å². The summed E-state index contributed by atoms with van der Waals surface area (Å²) in [5.74, 6) is 0.512. The molecule has 2 aliphatic rings. The molecule has 0 saturated heterocycles. The summed E-state index contributed by atoms with van der Waals surface area (Å²) in [4.78, 5) is 0. The number of allylic oxidation sites excluding steroid dienone is 4. The molecule has 3 aromatic carbocycles. The van der Waals surface area contributed by atoms with Gasteiger partial charge < -0.3 is 24.8 Å². The monoisotopic (exact) mass is 620 g/mol. The number of hydrogen-bond donors (Lipinski definition) is 0. The average Bonchev–Trinajstić information content (AvgIpc) is 3.34. The second-order valence-corrected chi connectivity index (χ2v) is 18.9. The fourth-order valence-corrected chi connectivity index (χ4v) is 15.0. The summed E-state index contributed by atoms with van der Waals surface area (Å²) in [6.07, 6.45) is 5.19. The molecule has 0 fully saturated rings. The van der Waals surface area contributed by atoms with Gasteiger partial charge in [0.2, 0.25) is 0 Å². The third-order valence-electron chi connectivity index (χ3n) is 8.55. The van der Waals surface area contributed by atoms with Crippen molar-refractivity contribution in [2.24, 2.45) is 11.3 Å². The zero-order valence-electron chi connectivity index (χ0n) is 24.3. The van der Waals surface area contributed by atoms with Crippen LogP contribution in [0.25, 0.3) is 11.1 Å². The number of rotatable bonds is 3. The summed E-state index contributed by atoms with van der Waals surface area (Å²) in [6.45, 7) is 21.1. The maximum Gasteiger partial charge on any atom is -1.00 e. The van der Waals surface area contributed by atoms with Crippen LogP contribution in [0.3, 0.4) is 0 Å². The molecule has 0 bridgehead atoms. The second kappa shape index (κ2) is 11.5. The van der Waals surface area contributed by atoms with Crippen molar-refractivity contribution in [2.45, 2.75) is 65.9 Å². The van der Waals surface area contributed by atoms with Crippen LogP contribution in [0.1, 0.15) is 77.2 Å². The first-order valence-corrected chi connectivity index (χ1v) is 17.3. The van der Waals surface area contributed by atoms with Crippen LogP contribution in [-0.4, -0.2) is 3.21 Å². The Morgan fingerprint density at radius 3 is 1.66 bits per heavy atom. The van der Waals surface area contributed by atoms with Gasteiger partial charge in [-0.3, -0.25) is 0 Å². The molecule has 0 nitrogen and oxygen atoms in total. The maximum atomic E-state index is 2.63. The van der Waals surface area contributed by atoms with Crippen LogP contribution in [0.5, 0.6) is 0 Å². The first-order valence-electron chi connectivity index (χ1n) is 13.4. The average molecular weight is 623 g/mol. The van der Waals surface area contributed by atoms with E-state index >= 15 is 0 Å². The first-order chi connectivity index (χ1) is 17.0. The Labute approximate surface area is 250 Å². The smallest absolute Gasteiger partial charge is 1.00 e. The van der Waals surface area contributed by atoms with Crippen molar-refractivity contribution in [3.63, 3.8) is 0 Å². The van der Waals surface area contributed by atoms with Gasteiger partial charge in [0.05, 0.1) is 0 Å². The van der Waals surface area contributed by atoms with Gasteiger partial charge in [-0.1, -0.05) is 0 Å². The van der Waals surface area contributed by atoms with E-state index in [-0.39, 0.29) is 30.2 Å². The normalized spacial score (nSPS) is 16.6. The van der Waals surface area contributed by atoms with Crippen molar-refractivity contribution in [3.8, 4) is 11.1 Å². The second-order valence-electron chi connectivity index (χ2n) is 12.1. The molecule has 38 heavy (non-hydrogen) atoms. The Hall–Kier alpha value is -1.53. The molecule has 0 radical (unpaired) electrons. The van der Waals surface area contributed by atoms with Gasteiger partial charge in [0.15, 0.2) is 0 Å². The quantitative estimate of drug-likeness (QED) is 0.421. The van der Waals surface area contributed by atoms with Crippen LogP contribution in [0.15, 0.2) is 75.6 Å². The molecule has 3 heteroatoms. The zero-order chi connectivity index (χ0) is 25.9. The van der Waals surface area contributed by atoms with Crippen LogP contribution < -0.4 is 24.8 Å². The van der Waals surface area contributed by atoms with E-state index in [1.165, 1.54) is 44.5 Å². The Morgan fingerprint density at radius 1 is 0.737 bits per heavy atom. The standard InChI is InChI=1S/C17H17.C10H15.C8H8.2ClH.Zr/c1-10-5-14-9-15-6-11(2)13(4)8-17(15)16(14)7-12(10)3;1-8-5-6-9(7-8)10(2,3)4;1-2-8-6-4-3-5-7-8;;;/h5-9H,1-4H3;6-8H,1-4H3;3-7H,1H3;2*1H;/q;;;;;+2/p-2. The van der Waals surface area contributed by atoms with Crippen LogP contribution in [-0.2, 0) is 21.3 Å². The molecule has 0 aliphatic heterocycles.